The molecule has 0 saturated heterocycles. The summed E-state index contributed by atoms with van der Waals surface area (Å²) in [5.41, 5.74) is 1.02. The van der Waals surface area contributed by atoms with Crippen molar-refractivity contribution in [3.05, 3.63) is 51.4 Å². The first kappa shape index (κ1) is 16.7. The van der Waals surface area contributed by atoms with Crippen molar-refractivity contribution in [2.24, 2.45) is 0 Å². The Bertz CT molecular complexity index is 586. The number of halogens is 1. The van der Waals surface area contributed by atoms with E-state index in [4.69, 9.17) is 11.6 Å². The van der Waals surface area contributed by atoms with Gasteiger partial charge in [-0.15, -0.1) is 11.3 Å². The molecule has 2 N–H and O–H groups in total. The van der Waals surface area contributed by atoms with E-state index >= 15 is 0 Å². The van der Waals surface area contributed by atoms with Gasteiger partial charge in [0.05, 0.1) is 12.6 Å². The maximum atomic E-state index is 12.1. The Morgan fingerprint density at radius 2 is 2.09 bits per heavy atom. The van der Waals surface area contributed by atoms with E-state index in [1.54, 1.807) is 6.20 Å². The average molecular weight is 339 g/mol. The van der Waals surface area contributed by atoms with E-state index in [1.807, 2.05) is 48.6 Å². The van der Waals surface area contributed by atoms with Gasteiger partial charge in [0.1, 0.15) is 5.01 Å². The van der Waals surface area contributed by atoms with Crippen LogP contribution >= 0.6 is 22.9 Å². The molecule has 2 rings (SSSR count). The minimum Gasteiger partial charge on any atom is -0.332 e. The third-order valence-corrected chi connectivity index (χ3v) is 4.04. The first-order chi connectivity index (χ1) is 10.5. The van der Waals surface area contributed by atoms with Crippen LogP contribution in [-0.2, 0) is 6.54 Å². The highest BCUT2D eigenvalue weighted by Gasteiger charge is 2.15. The Morgan fingerprint density at radius 1 is 1.36 bits per heavy atom. The van der Waals surface area contributed by atoms with Crippen molar-refractivity contribution >= 4 is 29.0 Å². The molecule has 0 bridgehead atoms. The van der Waals surface area contributed by atoms with Gasteiger partial charge in [-0.25, -0.2) is 9.78 Å². The van der Waals surface area contributed by atoms with Crippen LogP contribution in [0.3, 0.4) is 0 Å². The number of carbonyl (C=O) groups is 1. The molecule has 7 heteroatoms. The monoisotopic (exact) mass is 338 g/mol. The summed E-state index contributed by atoms with van der Waals surface area (Å²) in [6.07, 6.45) is 1.72. The molecule has 0 aliphatic rings. The molecule has 1 aromatic carbocycles. The van der Waals surface area contributed by atoms with E-state index in [0.717, 1.165) is 10.6 Å². The quantitative estimate of drug-likeness (QED) is 0.851. The van der Waals surface area contributed by atoms with Crippen LogP contribution < -0.4 is 10.6 Å². The zero-order valence-electron chi connectivity index (χ0n) is 12.5. The topological polar surface area (TPSA) is 57.3 Å². The van der Waals surface area contributed by atoms with Crippen molar-refractivity contribution in [3.63, 3.8) is 0 Å². The van der Waals surface area contributed by atoms with E-state index < -0.39 is 0 Å². The van der Waals surface area contributed by atoms with Crippen molar-refractivity contribution in [1.29, 1.82) is 0 Å². The SMILES string of the molecule is CN(C)CC(NC(=O)NCc1nccs1)c1ccc(Cl)cc1. The molecule has 1 heterocycles. The van der Waals surface area contributed by atoms with E-state index in [1.165, 1.54) is 11.3 Å². The summed E-state index contributed by atoms with van der Waals surface area (Å²) in [6, 6.07) is 7.19. The zero-order chi connectivity index (χ0) is 15.9. The number of hydrogen-bond donors (Lipinski definition) is 2. The molecule has 2 amide bonds. The van der Waals surface area contributed by atoms with Crippen LogP contribution in [0.2, 0.25) is 5.02 Å². The summed E-state index contributed by atoms with van der Waals surface area (Å²) in [5, 5.41) is 9.26. The first-order valence-corrected chi connectivity index (χ1v) is 8.13. The molecule has 1 unspecified atom stereocenters. The Balaban J connectivity index is 1.96. The first-order valence-electron chi connectivity index (χ1n) is 6.87. The third-order valence-electron chi connectivity index (χ3n) is 3.01. The largest absolute Gasteiger partial charge is 0.332 e. The van der Waals surface area contributed by atoms with Gasteiger partial charge < -0.3 is 15.5 Å². The number of hydrogen-bond acceptors (Lipinski definition) is 4. The molecule has 0 radical (unpaired) electrons. The normalized spacial score (nSPS) is 12.2. The number of nitrogens with zero attached hydrogens (tertiary/aromatic N) is 2. The van der Waals surface area contributed by atoms with E-state index in [2.05, 4.69) is 15.6 Å². The molecule has 2 aromatic rings. The van der Waals surface area contributed by atoms with Crippen LogP contribution in [0.15, 0.2) is 35.8 Å². The Morgan fingerprint density at radius 3 is 2.68 bits per heavy atom. The minimum absolute atomic E-state index is 0.108. The molecular weight excluding hydrogens is 320 g/mol. The fraction of sp³-hybridized carbons (Fsp3) is 0.333. The van der Waals surface area contributed by atoms with Crippen molar-refractivity contribution in [2.75, 3.05) is 20.6 Å². The summed E-state index contributed by atoms with van der Waals surface area (Å²) in [5.74, 6) is 0. The highest BCUT2D eigenvalue weighted by atomic mass is 35.5. The Kier molecular flexibility index (Phi) is 6.18. The predicted octanol–water partition coefficient (Wildman–Crippen LogP) is 2.90. The minimum atomic E-state index is -0.211. The van der Waals surface area contributed by atoms with Crippen molar-refractivity contribution in [2.45, 2.75) is 12.6 Å². The van der Waals surface area contributed by atoms with Gasteiger partial charge in [-0.3, -0.25) is 0 Å². The molecule has 22 heavy (non-hydrogen) atoms. The summed E-state index contributed by atoms with van der Waals surface area (Å²) in [7, 11) is 3.94. The van der Waals surface area contributed by atoms with Crippen LogP contribution in [0, 0.1) is 0 Å². The molecule has 1 atom stereocenters. The lowest BCUT2D eigenvalue weighted by Crippen LogP contribution is -2.41. The smallest absolute Gasteiger partial charge is 0.315 e. The zero-order valence-corrected chi connectivity index (χ0v) is 14.1. The van der Waals surface area contributed by atoms with Crippen LogP contribution in [0.1, 0.15) is 16.6 Å². The predicted molar refractivity (Wildman–Crippen MR) is 90.2 cm³/mol. The average Bonchev–Trinajstić information content (AvgIpc) is 2.98. The molecule has 1 aromatic heterocycles. The molecule has 0 saturated carbocycles. The van der Waals surface area contributed by atoms with E-state index in [9.17, 15) is 4.79 Å². The van der Waals surface area contributed by atoms with Crippen molar-refractivity contribution in [1.82, 2.24) is 20.5 Å². The number of urea groups is 1. The maximum Gasteiger partial charge on any atom is 0.315 e. The summed E-state index contributed by atoms with van der Waals surface area (Å²) in [4.78, 5) is 18.2. The lowest BCUT2D eigenvalue weighted by atomic mass is 10.1. The second-order valence-electron chi connectivity index (χ2n) is 5.12. The lowest BCUT2D eigenvalue weighted by Gasteiger charge is -2.23. The molecule has 0 aliphatic heterocycles. The highest BCUT2D eigenvalue weighted by molar-refractivity contribution is 7.09. The molecular formula is C15H19ClN4OS. The van der Waals surface area contributed by atoms with Gasteiger partial charge in [0.25, 0.3) is 0 Å². The maximum absolute atomic E-state index is 12.1. The number of carbonyl (C=O) groups excluding carboxylic acids is 1. The fourth-order valence-corrected chi connectivity index (χ4v) is 2.68. The van der Waals surface area contributed by atoms with Crippen LogP contribution in [0.5, 0.6) is 0 Å². The van der Waals surface area contributed by atoms with E-state index in [-0.39, 0.29) is 12.1 Å². The lowest BCUT2D eigenvalue weighted by molar-refractivity contribution is 0.232. The van der Waals surface area contributed by atoms with Gasteiger partial charge >= 0.3 is 6.03 Å². The highest BCUT2D eigenvalue weighted by Crippen LogP contribution is 2.17. The van der Waals surface area contributed by atoms with Crippen LogP contribution in [-0.4, -0.2) is 36.6 Å². The van der Waals surface area contributed by atoms with Gasteiger partial charge in [-0.1, -0.05) is 23.7 Å². The van der Waals surface area contributed by atoms with E-state index in [0.29, 0.717) is 18.1 Å². The molecule has 5 nitrogen and oxygen atoms in total. The second kappa shape index (κ2) is 8.12. The molecule has 118 valence electrons. The summed E-state index contributed by atoms with van der Waals surface area (Å²) >= 11 is 7.43. The number of rotatable bonds is 6. The second-order valence-corrected chi connectivity index (χ2v) is 6.53. The number of nitrogens with one attached hydrogen (secondary N) is 2. The van der Waals surface area contributed by atoms with Crippen molar-refractivity contribution in [3.8, 4) is 0 Å². The third kappa shape index (κ3) is 5.29. The van der Waals surface area contributed by atoms with Crippen LogP contribution in [0.25, 0.3) is 0 Å². The number of thiazole rings is 1. The van der Waals surface area contributed by atoms with Gasteiger partial charge in [0, 0.05) is 23.1 Å². The van der Waals surface area contributed by atoms with Gasteiger partial charge in [0.15, 0.2) is 0 Å². The number of aromatic nitrogens is 1. The van der Waals surface area contributed by atoms with Crippen molar-refractivity contribution < 1.29 is 4.79 Å². The standard InChI is InChI=1S/C15H19ClN4OS/c1-20(2)10-13(11-3-5-12(16)6-4-11)19-15(21)18-9-14-17-7-8-22-14/h3-8,13H,9-10H2,1-2H3,(H2,18,19,21). The van der Waals surface area contributed by atoms with Gasteiger partial charge in [-0.2, -0.15) is 0 Å². The Hall–Kier alpha value is -1.63. The molecule has 0 aliphatic carbocycles. The number of benzene rings is 1. The number of likely N-dealkylation sites (N-methyl/N-ethyl adjacent to an activating group) is 1. The van der Waals surface area contributed by atoms with Crippen LogP contribution in [0.4, 0.5) is 4.79 Å². The molecule has 0 spiro atoms. The summed E-state index contributed by atoms with van der Waals surface area (Å²) < 4.78 is 0. The number of amides is 2. The van der Waals surface area contributed by atoms with Gasteiger partial charge in [-0.05, 0) is 31.8 Å². The summed E-state index contributed by atoms with van der Waals surface area (Å²) in [6.45, 7) is 1.13. The fourth-order valence-electron chi connectivity index (χ4n) is 2.00. The molecule has 0 fully saturated rings. The van der Waals surface area contributed by atoms with Gasteiger partial charge in [0.2, 0.25) is 0 Å². The Labute approximate surface area is 139 Å².